The van der Waals surface area contributed by atoms with E-state index in [1.165, 1.54) is 0 Å². The van der Waals surface area contributed by atoms with Crippen molar-refractivity contribution in [2.24, 2.45) is 17.6 Å². The van der Waals surface area contributed by atoms with Crippen LogP contribution in [0.1, 0.15) is 26.7 Å². The first-order valence-electron chi connectivity index (χ1n) is 6.25. The molecule has 1 fully saturated rings. The number of nitrogens with two attached hydrogens (primary N) is 1. The number of carbonyl (C=O) groups is 2. The van der Waals surface area contributed by atoms with E-state index in [4.69, 9.17) is 5.73 Å². The van der Waals surface area contributed by atoms with Crippen LogP contribution < -0.4 is 11.1 Å². The van der Waals surface area contributed by atoms with Crippen LogP contribution in [-0.2, 0) is 9.59 Å². The van der Waals surface area contributed by atoms with Gasteiger partial charge in [0.15, 0.2) is 0 Å². The molecule has 0 radical (unpaired) electrons. The molecule has 0 spiro atoms. The summed E-state index contributed by atoms with van der Waals surface area (Å²) in [6.07, 6.45) is 1.64. The van der Waals surface area contributed by atoms with Crippen LogP contribution in [0.15, 0.2) is 0 Å². The summed E-state index contributed by atoms with van der Waals surface area (Å²) in [5, 5.41) is 2.61. The predicted octanol–water partition coefficient (Wildman–Crippen LogP) is 0.376. The van der Waals surface area contributed by atoms with Gasteiger partial charge in [-0.15, -0.1) is 12.4 Å². The van der Waals surface area contributed by atoms with E-state index in [1.807, 2.05) is 13.8 Å². The van der Waals surface area contributed by atoms with E-state index < -0.39 is 0 Å². The molecule has 0 aromatic rings. The molecular weight excluding hydrogens is 254 g/mol. The highest BCUT2D eigenvalue weighted by Crippen LogP contribution is 2.22. The van der Waals surface area contributed by atoms with E-state index in [-0.39, 0.29) is 42.1 Å². The minimum absolute atomic E-state index is 0. The van der Waals surface area contributed by atoms with Crippen LogP contribution >= 0.6 is 12.4 Å². The molecule has 2 unspecified atom stereocenters. The maximum Gasteiger partial charge on any atom is 0.242 e. The maximum absolute atomic E-state index is 12.3. The molecule has 1 aliphatic heterocycles. The summed E-state index contributed by atoms with van der Waals surface area (Å²) in [4.78, 5) is 25.7. The lowest BCUT2D eigenvalue weighted by molar-refractivity contribution is -0.142. The van der Waals surface area contributed by atoms with Gasteiger partial charge >= 0.3 is 0 Å². The second-order valence-electron chi connectivity index (χ2n) is 4.89. The molecule has 0 aromatic carbocycles. The number of likely N-dealkylation sites (N-methyl/N-ethyl adjacent to an activating group) is 1. The third-order valence-corrected chi connectivity index (χ3v) is 3.46. The van der Waals surface area contributed by atoms with E-state index in [9.17, 15) is 9.59 Å². The Morgan fingerprint density at radius 1 is 1.44 bits per heavy atom. The van der Waals surface area contributed by atoms with E-state index in [1.54, 1.807) is 11.9 Å². The zero-order valence-corrected chi connectivity index (χ0v) is 12.1. The largest absolute Gasteiger partial charge is 0.357 e. The number of hydrogen-bond donors (Lipinski definition) is 2. The van der Waals surface area contributed by atoms with Crippen LogP contribution in [0.4, 0.5) is 0 Å². The van der Waals surface area contributed by atoms with E-state index in [0.29, 0.717) is 13.1 Å². The Morgan fingerprint density at radius 3 is 2.50 bits per heavy atom. The van der Waals surface area contributed by atoms with Crippen LogP contribution in [0.2, 0.25) is 0 Å². The normalized spacial score (nSPS) is 20.5. The van der Waals surface area contributed by atoms with Gasteiger partial charge in [-0.2, -0.15) is 0 Å². The Morgan fingerprint density at radius 2 is 2.06 bits per heavy atom. The second-order valence-corrected chi connectivity index (χ2v) is 4.89. The fraction of sp³-hybridized carbons (Fsp3) is 0.833. The number of nitrogens with one attached hydrogen (secondary N) is 1. The predicted molar refractivity (Wildman–Crippen MR) is 73.4 cm³/mol. The van der Waals surface area contributed by atoms with Gasteiger partial charge in [-0.1, -0.05) is 13.8 Å². The number of halogens is 1. The number of amides is 2. The fourth-order valence-corrected chi connectivity index (χ4v) is 2.34. The third-order valence-electron chi connectivity index (χ3n) is 3.46. The first-order chi connectivity index (χ1) is 8.02. The first-order valence-corrected chi connectivity index (χ1v) is 6.25. The highest BCUT2D eigenvalue weighted by Gasteiger charge is 2.36. The van der Waals surface area contributed by atoms with E-state index >= 15 is 0 Å². The van der Waals surface area contributed by atoms with Gasteiger partial charge in [0.2, 0.25) is 11.8 Å². The lowest BCUT2D eigenvalue weighted by Gasteiger charge is -2.29. The van der Waals surface area contributed by atoms with Crippen LogP contribution in [0.25, 0.3) is 0 Å². The minimum atomic E-state index is -0.305. The van der Waals surface area contributed by atoms with Crippen LogP contribution in [0, 0.1) is 11.8 Å². The van der Waals surface area contributed by atoms with Crippen molar-refractivity contribution in [2.75, 3.05) is 20.1 Å². The number of rotatable bonds is 4. The van der Waals surface area contributed by atoms with E-state index in [2.05, 4.69) is 5.32 Å². The van der Waals surface area contributed by atoms with Crippen LogP contribution in [-0.4, -0.2) is 42.9 Å². The van der Waals surface area contributed by atoms with Crippen molar-refractivity contribution in [2.45, 2.75) is 32.7 Å². The van der Waals surface area contributed by atoms with Crippen molar-refractivity contribution in [3.8, 4) is 0 Å². The van der Waals surface area contributed by atoms with Crippen molar-refractivity contribution in [1.82, 2.24) is 10.2 Å². The van der Waals surface area contributed by atoms with Gasteiger partial charge in [0.1, 0.15) is 6.04 Å². The molecule has 2 amide bonds. The molecular formula is C12H24ClN3O2. The molecule has 106 valence electrons. The van der Waals surface area contributed by atoms with Gasteiger partial charge in [0, 0.05) is 20.1 Å². The van der Waals surface area contributed by atoms with Crippen LogP contribution in [0.3, 0.4) is 0 Å². The molecule has 5 nitrogen and oxygen atoms in total. The lowest BCUT2D eigenvalue weighted by atomic mass is 9.94. The Balaban J connectivity index is 0.00000289. The summed E-state index contributed by atoms with van der Waals surface area (Å²) in [6.45, 7) is 4.98. The molecule has 18 heavy (non-hydrogen) atoms. The van der Waals surface area contributed by atoms with Gasteiger partial charge < -0.3 is 16.0 Å². The second kappa shape index (κ2) is 7.59. The summed E-state index contributed by atoms with van der Waals surface area (Å²) >= 11 is 0. The Labute approximate surface area is 115 Å². The highest BCUT2D eigenvalue weighted by molar-refractivity contribution is 5.89. The summed E-state index contributed by atoms with van der Waals surface area (Å²) in [5.74, 6) is -0.0253. The van der Waals surface area contributed by atoms with Gasteiger partial charge in [-0.25, -0.2) is 0 Å². The maximum atomic E-state index is 12.3. The standard InChI is InChI=1S/C12H23N3O2.ClH/c1-8(2)9(7-13)12(17)15-6-4-5-10(15)11(16)14-3;/h8-10H,4-7,13H2,1-3H3,(H,14,16);1H. The average molecular weight is 278 g/mol. The van der Waals surface area contributed by atoms with Gasteiger partial charge in [-0.3, -0.25) is 9.59 Å². The first kappa shape index (κ1) is 17.2. The summed E-state index contributed by atoms with van der Waals surface area (Å²) in [6, 6.07) is -0.305. The molecule has 1 heterocycles. The highest BCUT2D eigenvalue weighted by atomic mass is 35.5. The van der Waals surface area contributed by atoms with Crippen molar-refractivity contribution < 1.29 is 9.59 Å². The van der Waals surface area contributed by atoms with Crippen molar-refractivity contribution in [3.05, 3.63) is 0 Å². The molecule has 1 saturated heterocycles. The lowest BCUT2D eigenvalue weighted by Crippen LogP contribution is -2.49. The fourth-order valence-electron chi connectivity index (χ4n) is 2.34. The molecule has 1 aliphatic rings. The summed E-state index contributed by atoms with van der Waals surface area (Å²) in [7, 11) is 1.60. The molecule has 6 heteroatoms. The topological polar surface area (TPSA) is 75.4 Å². The number of likely N-dealkylation sites (tertiary alicyclic amines) is 1. The SMILES string of the molecule is CNC(=O)C1CCCN1C(=O)C(CN)C(C)C.Cl. The minimum Gasteiger partial charge on any atom is -0.357 e. The molecule has 0 bridgehead atoms. The zero-order chi connectivity index (χ0) is 13.0. The Kier molecular flexibility index (Phi) is 7.25. The number of nitrogens with zero attached hydrogens (tertiary/aromatic N) is 1. The summed E-state index contributed by atoms with van der Waals surface area (Å²) < 4.78 is 0. The number of carbonyl (C=O) groups excluding carboxylic acids is 2. The Hall–Kier alpha value is -0.810. The molecule has 0 aliphatic carbocycles. The quantitative estimate of drug-likeness (QED) is 0.780. The third kappa shape index (κ3) is 3.59. The monoisotopic (exact) mass is 277 g/mol. The van der Waals surface area contributed by atoms with Crippen molar-refractivity contribution in [1.29, 1.82) is 0 Å². The molecule has 2 atom stereocenters. The van der Waals surface area contributed by atoms with Crippen LogP contribution in [0.5, 0.6) is 0 Å². The van der Waals surface area contributed by atoms with Crippen molar-refractivity contribution >= 4 is 24.2 Å². The van der Waals surface area contributed by atoms with Gasteiger partial charge in [-0.05, 0) is 18.8 Å². The number of hydrogen-bond acceptors (Lipinski definition) is 3. The zero-order valence-electron chi connectivity index (χ0n) is 11.3. The van der Waals surface area contributed by atoms with Gasteiger partial charge in [0.05, 0.1) is 5.92 Å². The molecule has 1 rings (SSSR count). The smallest absolute Gasteiger partial charge is 0.242 e. The molecule has 0 aromatic heterocycles. The van der Waals surface area contributed by atoms with Crippen molar-refractivity contribution in [3.63, 3.8) is 0 Å². The molecule has 3 N–H and O–H groups in total. The van der Waals surface area contributed by atoms with E-state index in [0.717, 1.165) is 12.8 Å². The Bertz CT molecular complexity index is 297. The van der Waals surface area contributed by atoms with Gasteiger partial charge in [0.25, 0.3) is 0 Å². The molecule has 0 saturated carbocycles. The summed E-state index contributed by atoms with van der Waals surface area (Å²) in [5.41, 5.74) is 5.65. The average Bonchev–Trinajstić information content (AvgIpc) is 2.77.